The van der Waals surface area contributed by atoms with Crippen molar-refractivity contribution in [2.24, 2.45) is 0 Å². The van der Waals surface area contributed by atoms with Crippen LogP contribution >= 0.6 is 0 Å². The first-order valence-electron chi connectivity index (χ1n) is 16.4. The van der Waals surface area contributed by atoms with Gasteiger partial charge in [0.05, 0.1) is 0 Å². The first kappa shape index (κ1) is 36.0. The van der Waals surface area contributed by atoms with Crippen molar-refractivity contribution < 1.29 is 19.7 Å². The molecule has 0 saturated carbocycles. The topological polar surface area (TPSA) is 66.8 Å². The van der Waals surface area contributed by atoms with Crippen LogP contribution in [0.3, 0.4) is 0 Å². The highest BCUT2D eigenvalue weighted by atomic mass is 16.5. The summed E-state index contributed by atoms with van der Waals surface area (Å²) < 4.78 is 4.74. The van der Waals surface area contributed by atoms with Crippen LogP contribution in [-0.2, 0) is 9.53 Å². The Morgan fingerprint density at radius 3 is 1.05 bits per heavy atom. The minimum atomic E-state index is -0.507. The number of esters is 1. The first-order valence-corrected chi connectivity index (χ1v) is 16.4. The molecule has 220 valence electrons. The lowest BCUT2D eigenvalue weighted by Gasteiger charge is -2.04. The van der Waals surface area contributed by atoms with Crippen molar-refractivity contribution in [2.75, 3.05) is 6.61 Å². The molecule has 0 amide bonds. The summed E-state index contributed by atoms with van der Waals surface area (Å²) >= 11 is 0. The van der Waals surface area contributed by atoms with Crippen LogP contribution in [0.25, 0.3) is 0 Å². The van der Waals surface area contributed by atoms with Crippen LogP contribution in [0.4, 0.5) is 0 Å². The number of unbranched alkanes of at least 4 members (excludes halogenated alkanes) is 26. The van der Waals surface area contributed by atoms with E-state index in [1.54, 1.807) is 0 Å². The van der Waals surface area contributed by atoms with Gasteiger partial charge in [-0.15, -0.1) is 0 Å². The Balaban J connectivity index is 3.11. The molecule has 0 aliphatic carbocycles. The fourth-order valence-corrected chi connectivity index (χ4v) is 4.99. The lowest BCUT2D eigenvalue weighted by atomic mass is 10.0. The van der Waals surface area contributed by atoms with E-state index < -0.39 is 6.61 Å². The minimum absolute atomic E-state index is 0.325. The third-order valence-electron chi connectivity index (χ3n) is 7.47. The van der Waals surface area contributed by atoms with E-state index in [1.807, 2.05) is 0 Å². The van der Waals surface area contributed by atoms with Gasteiger partial charge in [-0.25, -0.2) is 0 Å². The molecule has 0 aliphatic rings. The summed E-state index contributed by atoms with van der Waals surface area (Å²) in [6, 6.07) is 0. The molecule has 0 unspecified atom stereocenters. The highest BCUT2D eigenvalue weighted by Crippen LogP contribution is 2.16. The molecule has 0 bridgehead atoms. The van der Waals surface area contributed by atoms with Crippen molar-refractivity contribution >= 4 is 5.97 Å². The van der Waals surface area contributed by atoms with Gasteiger partial charge in [0, 0.05) is 6.42 Å². The van der Waals surface area contributed by atoms with E-state index in [-0.39, 0.29) is 11.7 Å². The average Bonchev–Trinajstić information content (AvgIpc) is 2.91. The highest BCUT2D eigenvalue weighted by molar-refractivity contribution is 5.69. The van der Waals surface area contributed by atoms with E-state index in [0.29, 0.717) is 6.42 Å². The monoisotopic (exact) mass is 524 g/mol. The van der Waals surface area contributed by atoms with Crippen molar-refractivity contribution in [3.8, 4) is 0 Å². The predicted octanol–water partition coefficient (Wildman–Crippen LogP) is 10.9. The summed E-state index contributed by atoms with van der Waals surface area (Å²) in [4.78, 5) is 11.4. The molecule has 0 radical (unpaired) electrons. The first-order chi connectivity index (χ1) is 18.2. The summed E-state index contributed by atoms with van der Waals surface area (Å²) in [7, 11) is 0. The van der Waals surface area contributed by atoms with Gasteiger partial charge in [-0.1, -0.05) is 174 Å². The van der Waals surface area contributed by atoms with Crippen LogP contribution in [0.2, 0.25) is 0 Å². The second kappa shape index (κ2) is 31.2. The summed E-state index contributed by atoms with van der Waals surface area (Å²) in [6.45, 7) is 1.79. The molecule has 0 saturated heterocycles. The summed E-state index contributed by atoms with van der Waals surface area (Å²) in [5, 5.41) is 17.6. The number of carbonyl (C=O) groups is 1. The van der Waals surface area contributed by atoms with E-state index in [0.717, 1.165) is 19.1 Å². The van der Waals surface area contributed by atoms with E-state index >= 15 is 0 Å². The van der Waals surface area contributed by atoms with Gasteiger partial charge < -0.3 is 14.9 Å². The molecule has 0 atom stereocenters. The number of ether oxygens (including phenoxy) is 1. The van der Waals surface area contributed by atoms with E-state index in [9.17, 15) is 4.79 Å². The number of rotatable bonds is 30. The van der Waals surface area contributed by atoms with Gasteiger partial charge in [0.2, 0.25) is 0 Å². The van der Waals surface area contributed by atoms with Crippen LogP contribution < -0.4 is 0 Å². The molecule has 37 heavy (non-hydrogen) atoms. The van der Waals surface area contributed by atoms with Crippen LogP contribution in [0, 0.1) is 0 Å². The third-order valence-corrected chi connectivity index (χ3v) is 7.47. The van der Waals surface area contributed by atoms with Gasteiger partial charge in [-0.3, -0.25) is 4.79 Å². The van der Waals surface area contributed by atoms with Crippen molar-refractivity contribution in [3.05, 3.63) is 12.0 Å². The van der Waals surface area contributed by atoms with Crippen LogP contribution in [0.1, 0.15) is 187 Å². The largest absolute Gasteiger partial charge is 0.507 e. The molecular weight excluding hydrogens is 460 g/mol. The normalized spacial score (nSPS) is 11.8. The molecule has 0 fully saturated rings. The predicted molar refractivity (Wildman–Crippen MR) is 159 cm³/mol. The third kappa shape index (κ3) is 31.1. The van der Waals surface area contributed by atoms with Crippen molar-refractivity contribution in [2.45, 2.75) is 187 Å². The summed E-state index contributed by atoms with van der Waals surface area (Å²) in [5.41, 5.74) is 0. The van der Waals surface area contributed by atoms with Gasteiger partial charge in [0.1, 0.15) is 12.9 Å². The number of aliphatic hydroxyl groups excluding tert-OH is 2. The Kier molecular flexibility index (Phi) is 30.3. The Hall–Kier alpha value is -1.03. The molecule has 0 aromatic heterocycles. The maximum atomic E-state index is 11.4. The van der Waals surface area contributed by atoms with Gasteiger partial charge >= 0.3 is 5.97 Å². The Morgan fingerprint density at radius 2 is 0.784 bits per heavy atom. The lowest BCUT2D eigenvalue weighted by molar-refractivity contribution is -0.138. The van der Waals surface area contributed by atoms with Gasteiger partial charge in [0.25, 0.3) is 0 Å². The van der Waals surface area contributed by atoms with Gasteiger partial charge in [-0.05, 0) is 6.42 Å². The second-order valence-electron chi connectivity index (χ2n) is 11.2. The summed E-state index contributed by atoms with van der Waals surface area (Å²) in [6.07, 6.45) is 38.4. The molecule has 0 heterocycles. The van der Waals surface area contributed by atoms with E-state index in [2.05, 4.69) is 6.92 Å². The second-order valence-corrected chi connectivity index (χ2v) is 11.2. The highest BCUT2D eigenvalue weighted by Gasteiger charge is 2.02. The smallest absolute Gasteiger partial charge is 0.310 e. The number of hydrogen-bond acceptors (Lipinski definition) is 4. The Labute approximate surface area is 231 Å². The molecule has 0 aromatic rings. The zero-order chi connectivity index (χ0) is 27.1. The van der Waals surface area contributed by atoms with Crippen LogP contribution in [-0.4, -0.2) is 22.8 Å². The molecule has 0 spiro atoms. The van der Waals surface area contributed by atoms with E-state index in [1.165, 1.54) is 161 Å². The molecular formula is C33H64O4. The standard InChI is InChI=1S/C33H64O4/c1-2-3-4-5-6-7-8-9-10-11-12-13-14-15-16-17-18-19-20-21-22-23-24-25-26-27-28-29-33(36)37-31-32(35)30-34/h31,34-35H,2-30H2,1H3. The van der Waals surface area contributed by atoms with Gasteiger partial charge in [-0.2, -0.15) is 0 Å². The minimum Gasteiger partial charge on any atom is -0.507 e. The number of aliphatic hydroxyl groups is 2. The van der Waals surface area contributed by atoms with Crippen molar-refractivity contribution in [1.29, 1.82) is 0 Å². The molecule has 0 aliphatic heterocycles. The van der Waals surface area contributed by atoms with Crippen LogP contribution in [0.15, 0.2) is 12.0 Å². The zero-order valence-electron chi connectivity index (χ0n) is 24.8. The fourth-order valence-electron chi connectivity index (χ4n) is 4.99. The molecule has 0 rings (SSSR count). The Morgan fingerprint density at radius 1 is 0.514 bits per heavy atom. The number of carbonyl (C=O) groups excluding carboxylic acids is 1. The molecule has 2 N–H and O–H groups in total. The maximum absolute atomic E-state index is 11.4. The SMILES string of the molecule is CCCCCCCCCCCCCCCCCCCCCCCCCCCCCC(=O)OC=C(O)CO. The Bertz CT molecular complexity index is 489. The number of hydrogen-bond donors (Lipinski definition) is 2. The lowest BCUT2D eigenvalue weighted by Crippen LogP contribution is -2.01. The molecule has 0 aromatic carbocycles. The van der Waals surface area contributed by atoms with Gasteiger partial charge in [0.15, 0.2) is 5.76 Å². The average molecular weight is 525 g/mol. The fraction of sp³-hybridized carbons (Fsp3) is 0.909. The summed E-state index contributed by atoms with van der Waals surface area (Å²) in [5.74, 6) is -0.673. The van der Waals surface area contributed by atoms with Crippen molar-refractivity contribution in [3.63, 3.8) is 0 Å². The molecule has 4 nitrogen and oxygen atoms in total. The molecule has 4 heteroatoms. The van der Waals surface area contributed by atoms with E-state index in [4.69, 9.17) is 14.9 Å². The quantitative estimate of drug-likeness (QED) is 0.0557. The van der Waals surface area contributed by atoms with Crippen molar-refractivity contribution in [1.82, 2.24) is 0 Å². The zero-order valence-corrected chi connectivity index (χ0v) is 24.8. The van der Waals surface area contributed by atoms with Crippen LogP contribution in [0.5, 0.6) is 0 Å². The maximum Gasteiger partial charge on any atom is 0.310 e.